The maximum Gasteiger partial charge on any atom is 0.307 e. The number of rotatable bonds is 3. The quantitative estimate of drug-likeness (QED) is 0.873. The van der Waals surface area contributed by atoms with Crippen molar-refractivity contribution in [3.63, 3.8) is 0 Å². The molecule has 1 aliphatic rings. The Morgan fingerprint density at radius 3 is 2.56 bits per heavy atom. The first-order chi connectivity index (χ1) is 8.65. The Bertz CT molecular complexity index is 459. The number of aliphatic carboxylic acids is 1. The van der Waals surface area contributed by atoms with Crippen LogP contribution in [-0.2, 0) is 4.79 Å². The summed E-state index contributed by atoms with van der Waals surface area (Å²) in [5, 5.41) is 9.26. The highest BCUT2D eigenvalue weighted by atomic mass is 16.4. The van der Waals surface area contributed by atoms with E-state index in [-0.39, 0.29) is 11.8 Å². The fourth-order valence-electron chi connectivity index (χ4n) is 3.07. The third-order valence-electron chi connectivity index (χ3n) is 4.07. The molecule has 18 heavy (non-hydrogen) atoms. The van der Waals surface area contributed by atoms with Gasteiger partial charge in [-0.05, 0) is 36.3 Å². The highest BCUT2D eigenvalue weighted by molar-refractivity contribution is 5.76. The Balaban J connectivity index is 2.40. The molecule has 0 heterocycles. The lowest BCUT2D eigenvalue weighted by atomic mass is 9.73. The van der Waals surface area contributed by atoms with Crippen molar-refractivity contribution in [3.05, 3.63) is 41.5 Å². The van der Waals surface area contributed by atoms with Crippen LogP contribution in [-0.4, -0.2) is 11.1 Å². The normalized spacial score (nSPS) is 24.1. The zero-order valence-corrected chi connectivity index (χ0v) is 11.0. The Kier molecular flexibility index (Phi) is 3.85. The molecule has 1 aromatic carbocycles. The lowest BCUT2D eigenvalue weighted by Crippen LogP contribution is -2.27. The van der Waals surface area contributed by atoms with Gasteiger partial charge in [-0.1, -0.05) is 49.8 Å². The van der Waals surface area contributed by atoms with Crippen LogP contribution in [0.2, 0.25) is 0 Å². The highest BCUT2D eigenvalue weighted by Gasteiger charge is 2.32. The third kappa shape index (κ3) is 2.33. The van der Waals surface area contributed by atoms with Crippen LogP contribution in [0.25, 0.3) is 5.57 Å². The van der Waals surface area contributed by atoms with Gasteiger partial charge in [-0.2, -0.15) is 0 Å². The lowest BCUT2D eigenvalue weighted by molar-refractivity contribution is -0.143. The maximum absolute atomic E-state index is 11.2. The second kappa shape index (κ2) is 5.38. The molecular weight excluding hydrogens is 224 g/mol. The zero-order valence-electron chi connectivity index (χ0n) is 11.0. The third-order valence-corrected chi connectivity index (χ3v) is 4.07. The number of hydrogen-bond donors (Lipinski definition) is 1. The van der Waals surface area contributed by atoms with E-state index in [1.165, 1.54) is 16.7 Å². The van der Waals surface area contributed by atoms with Gasteiger partial charge in [0.05, 0.1) is 5.92 Å². The molecule has 0 saturated carbocycles. The summed E-state index contributed by atoms with van der Waals surface area (Å²) in [4.78, 5) is 11.2. The minimum Gasteiger partial charge on any atom is -0.481 e. The predicted octanol–water partition coefficient (Wildman–Crippen LogP) is 3.98. The van der Waals surface area contributed by atoms with Crippen molar-refractivity contribution in [3.8, 4) is 0 Å². The summed E-state index contributed by atoms with van der Waals surface area (Å²) < 4.78 is 0. The van der Waals surface area contributed by atoms with Crippen molar-refractivity contribution in [1.29, 1.82) is 0 Å². The monoisotopic (exact) mass is 244 g/mol. The molecule has 0 radical (unpaired) electrons. The first-order valence-corrected chi connectivity index (χ1v) is 6.65. The van der Waals surface area contributed by atoms with Crippen LogP contribution in [0.4, 0.5) is 0 Å². The second-order valence-electron chi connectivity index (χ2n) is 5.00. The van der Waals surface area contributed by atoms with E-state index in [1.807, 2.05) is 18.2 Å². The van der Waals surface area contributed by atoms with Crippen LogP contribution in [0.1, 0.15) is 38.7 Å². The fourth-order valence-corrected chi connectivity index (χ4v) is 3.07. The summed E-state index contributed by atoms with van der Waals surface area (Å²) in [7, 11) is 0. The van der Waals surface area contributed by atoms with E-state index in [4.69, 9.17) is 0 Å². The number of carbonyl (C=O) groups is 1. The molecule has 2 nitrogen and oxygen atoms in total. The van der Waals surface area contributed by atoms with Gasteiger partial charge >= 0.3 is 5.97 Å². The number of carboxylic acid groups (broad SMARTS) is 1. The summed E-state index contributed by atoms with van der Waals surface area (Å²) in [5.74, 6) is -0.718. The molecule has 0 saturated heterocycles. The van der Waals surface area contributed by atoms with Gasteiger partial charge in [-0.3, -0.25) is 4.79 Å². The van der Waals surface area contributed by atoms with Gasteiger partial charge < -0.3 is 5.11 Å². The SMILES string of the molecule is CCC1=C(c2ccccc2)CCC(C(=O)O)C1C. The minimum atomic E-state index is -0.652. The molecule has 1 N–H and O–H groups in total. The van der Waals surface area contributed by atoms with E-state index in [1.54, 1.807) is 0 Å². The number of allylic oxidation sites excluding steroid dienone is 2. The van der Waals surface area contributed by atoms with Gasteiger partial charge in [0, 0.05) is 0 Å². The van der Waals surface area contributed by atoms with Crippen molar-refractivity contribution in [2.75, 3.05) is 0 Å². The van der Waals surface area contributed by atoms with Crippen molar-refractivity contribution < 1.29 is 9.90 Å². The first-order valence-electron chi connectivity index (χ1n) is 6.65. The van der Waals surface area contributed by atoms with Gasteiger partial charge in [0.25, 0.3) is 0 Å². The molecule has 2 unspecified atom stereocenters. The molecule has 0 fully saturated rings. The highest BCUT2D eigenvalue weighted by Crippen LogP contribution is 2.40. The smallest absolute Gasteiger partial charge is 0.307 e. The van der Waals surface area contributed by atoms with Gasteiger partial charge in [-0.25, -0.2) is 0 Å². The molecule has 1 aliphatic carbocycles. The van der Waals surface area contributed by atoms with Crippen LogP contribution in [0.3, 0.4) is 0 Å². The molecule has 2 atom stereocenters. The Morgan fingerprint density at radius 2 is 2.00 bits per heavy atom. The summed E-state index contributed by atoms with van der Waals surface area (Å²) in [6.45, 7) is 4.18. The summed E-state index contributed by atoms with van der Waals surface area (Å²) >= 11 is 0. The Morgan fingerprint density at radius 1 is 1.33 bits per heavy atom. The fraction of sp³-hybridized carbons (Fsp3) is 0.438. The van der Waals surface area contributed by atoms with Crippen molar-refractivity contribution in [2.45, 2.75) is 33.1 Å². The topological polar surface area (TPSA) is 37.3 Å². The van der Waals surface area contributed by atoms with Crippen LogP contribution >= 0.6 is 0 Å². The standard InChI is InChI=1S/C16H20O2/c1-3-13-11(2)14(16(17)18)9-10-15(13)12-7-5-4-6-8-12/h4-8,11,14H,3,9-10H2,1-2H3,(H,17,18). The van der Waals surface area contributed by atoms with Crippen LogP contribution < -0.4 is 0 Å². The van der Waals surface area contributed by atoms with Gasteiger partial charge in [0.1, 0.15) is 0 Å². The molecule has 0 bridgehead atoms. The predicted molar refractivity (Wildman–Crippen MR) is 73.2 cm³/mol. The van der Waals surface area contributed by atoms with Crippen molar-refractivity contribution >= 4 is 11.5 Å². The second-order valence-corrected chi connectivity index (χ2v) is 5.00. The van der Waals surface area contributed by atoms with Gasteiger partial charge in [0.15, 0.2) is 0 Å². The molecule has 1 aromatic rings. The van der Waals surface area contributed by atoms with Crippen LogP contribution in [0.5, 0.6) is 0 Å². The van der Waals surface area contributed by atoms with Gasteiger partial charge in [0.2, 0.25) is 0 Å². The first kappa shape index (κ1) is 12.9. The Hall–Kier alpha value is -1.57. The van der Waals surface area contributed by atoms with Crippen LogP contribution in [0.15, 0.2) is 35.9 Å². The summed E-state index contributed by atoms with van der Waals surface area (Å²) in [6.07, 6.45) is 2.58. The lowest BCUT2D eigenvalue weighted by Gasteiger charge is -2.31. The number of benzene rings is 1. The van der Waals surface area contributed by atoms with Crippen LogP contribution in [0, 0.1) is 11.8 Å². The van der Waals surface area contributed by atoms with E-state index in [9.17, 15) is 9.90 Å². The molecule has 96 valence electrons. The maximum atomic E-state index is 11.2. The molecule has 2 rings (SSSR count). The zero-order chi connectivity index (χ0) is 13.1. The van der Waals surface area contributed by atoms with Gasteiger partial charge in [-0.15, -0.1) is 0 Å². The van der Waals surface area contributed by atoms with Crippen molar-refractivity contribution in [1.82, 2.24) is 0 Å². The van der Waals surface area contributed by atoms with E-state index >= 15 is 0 Å². The molecule has 0 spiro atoms. The Labute approximate surface area is 108 Å². The van der Waals surface area contributed by atoms with E-state index in [0.717, 1.165) is 19.3 Å². The van der Waals surface area contributed by atoms with E-state index < -0.39 is 5.97 Å². The average Bonchev–Trinajstić information content (AvgIpc) is 2.39. The average molecular weight is 244 g/mol. The molecule has 0 amide bonds. The number of carboxylic acids is 1. The minimum absolute atomic E-state index is 0.149. The van der Waals surface area contributed by atoms with Crippen molar-refractivity contribution in [2.24, 2.45) is 11.8 Å². The molecule has 0 aromatic heterocycles. The summed E-state index contributed by atoms with van der Waals surface area (Å²) in [6, 6.07) is 10.4. The summed E-state index contributed by atoms with van der Waals surface area (Å²) in [5.41, 5.74) is 3.94. The molecule has 0 aliphatic heterocycles. The largest absolute Gasteiger partial charge is 0.481 e. The molecule has 2 heteroatoms. The number of hydrogen-bond acceptors (Lipinski definition) is 1. The molecular formula is C16H20O2. The van der Waals surface area contributed by atoms with E-state index in [2.05, 4.69) is 26.0 Å². The van der Waals surface area contributed by atoms with E-state index in [0.29, 0.717) is 0 Å².